The monoisotopic (exact) mass is 382 g/mol. The van der Waals surface area contributed by atoms with Gasteiger partial charge in [0.15, 0.2) is 0 Å². The van der Waals surface area contributed by atoms with E-state index in [1.54, 1.807) is 0 Å². The van der Waals surface area contributed by atoms with E-state index < -0.39 is 0 Å². The molecule has 2 aliphatic rings. The number of nitrogens with one attached hydrogen (secondary N) is 1. The molecular formula is C24H31ClN2. The highest BCUT2D eigenvalue weighted by Crippen LogP contribution is 2.38. The summed E-state index contributed by atoms with van der Waals surface area (Å²) in [5.74, 6) is 1.49. The maximum Gasteiger partial charge on any atom is 0.0484 e. The molecule has 1 saturated heterocycles. The lowest BCUT2D eigenvalue weighted by Crippen LogP contribution is -2.45. The number of hydrogen-bond acceptors (Lipinski definition) is 2. The summed E-state index contributed by atoms with van der Waals surface area (Å²) in [6, 6.07) is 17.4. The van der Waals surface area contributed by atoms with E-state index in [1.807, 2.05) is 12.1 Å². The summed E-state index contributed by atoms with van der Waals surface area (Å²) in [6.07, 6.45) is 7.01. The van der Waals surface area contributed by atoms with Crippen molar-refractivity contribution < 1.29 is 0 Å². The molecule has 1 atom stereocenters. The fraction of sp³-hybridized carbons (Fsp3) is 0.500. The molecule has 0 spiro atoms. The predicted molar refractivity (Wildman–Crippen MR) is 116 cm³/mol. The highest BCUT2D eigenvalue weighted by atomic mass is 35.5. The van der Waals surface area contributed by atoms with Crippen LogP contribution in [0.15, 0.2) is 48.5 Å². The lowest BCUT2D eigenvalue weighted by Gasteiger charge is -2.36. The van der Waals surface area contributed by atoms with E-state index in [9.17, 15) is 0 Å². The summed E-state index contributed by atoms with van der Waals surface area (Å²) in [4.78, 5) is 2.66. The van der Waals surface area contributed by atoms with Crippen LogP contribution in [0, 0.1) is 5.92 Å². The lowest BCUT2D eigenvalue weighted by molar-refractivity contribution is 0.187. The molecule has 0 bridgehead atoms. The number of hydrogen-bond donors (Lipinski definition) is 1. The van der Waals surface area contributed by atoms with Gasteiger partial charge in [0, 0.05) is 43.3 Å². The van der Waals surface area contributed by atoms with E-state index in [1.165, 1.54) is 62.9 Å². The second-order valence-corrected chi connectivity index (χ2v) is 8.56. The average Bonchev–Trinajstić information content (AvgIpc) is 2.74. The van der Waals surface area contributed by atoms with Crippen molar-refractivity contribution in [2.45, 2.75) is 38.0 Å². The molecule has 3 heteroatoms. The van der Waals surface area contributed by atoms with Crippen molar-refractivity contribution in [3.63, 3.8) is 0 Å². The minimum absolute atomic E-state index is 0.656. The molecule has 144 valence electrons. The Morgan fingerprint density at radius 2 is 1.63 bits per heavy atom. The smallest absolute Gasteiger partial charge is 0.0484 e. The van der Waals surface area contributed by atoms with Crippen molar-refractivity contribution >= 4 is 11.6 Å². The van der Waals surface area contributed by atoms with Crippen LogP contribution in [0.25, 0.3) is 11.1 Å². The third-order valence-electron chi connectivity index (χ3n) is 6.41. The van der Waals surface area contributed by atoms with Crippen LogP contribution in [0.1, 0.15) is 43.6 Å². The molecule has 1 N–H and O–H groups in total. The first kappa shape index (κ1) is 19.0. The molecule has 0 aromatic heterocycles. The standard InChI is InChI=1S/C24H31ClN2/c25-24-9-5-4-8-22(24)20-10-12-21(13-11-20)23(19-6-2-1-3-7-19)18-27-16-14-26-15-17-27/h4-5,8-13,19,23,26H,1-3,6-7,14-18H2. The van der Waals surface area contributed by atoms with Crippen molar-refractivity contribution in [1.29, 1.82) is 0 Å². The van der Waals surface area contributed by atoms with Gasteiger partial charge in [0.05, 0.1) is 0 Å². The number of rotatable bonds is 5. The van der Waals surface area contributed by atoms with Gasteiger partial charge in [-0.2, -0.15) is 0 Å². The molecule has 1 aliphatic heterocycles. The van der Waals surface area contributed by atoms with Gasteiger partial charge in [-0.1, -0.05) is 73.3 Å². The average molecular weight is 383 g/mol. The predicted octanol–water partition coefficient (Wildman–Crippen LogP) is 5.58. The SMILES string of the molecule is Clc1ccccc1-c1ccc(C(CN2CCNCC2)C2CCCCC2)cc1. The summed E-state index contributed by atoms with van der Waals surface area (Å²) in [5, 5.41) is 4.31. The Labute approximate surface area is 168 Å². The Balaban J connectivity index is 1.56. The van der Waals surface area contributed by atoms with E-state index in [-0.39, 0.29) is 0 Å². The van der Waals surface area contributed by atoms with Crippen LogP contribution in [-0.2, 0) is 0 Å². The molecule has 2 aromatic carbocycles. The highest BCUT2D eigenvalue weighted by molar-refractivity contribution is 6.33. The molecule has 1 aliphatic carbocycles. The van der Waals surface area contributed by atoms with Crippen LogP contribution < -0.4 is 5.32 Å². The highest BCUT2D eigenvalue weighted by Gasteiger charge is 2.27. The van der Waals surface area contributed by atoms with E-state index in [2.05, 4.69) is 46.6 Å². The van der Waals surface area contributed by atoms with Crippen LogP contribution in [0.3, 0.4) is 0 Å². The van der Waals surface area contributed by atoms with Crippen molar-refractivity contribution in [2.24, 2.45) is 5.92 Å². The van der Waals surface area contributed by atoms with E-state index in [0.29, 0.717) is 5.92 Å². The quantitative estimate of drug-likeness (QED) is 0.726. The van der Waals surface area contributed by atoms with Gasteiger partial charge in [-0.25, -0.2) is 0 Å². The zero-order valence-corrected chi connectivity index (χ0v) is 16.9. The number of nitrogens with zero attached hydrogens (tertiary/aromatic N) is 1. The second kappa shape index (κ2) is 9.23. The molecule has 2 nitrogen and oxygen atoms in total. The third kappa shape index (κ3) is 4.74. The van der Waals surface area contributed by atoms with E-state index in [4.69, 9.17) is 11.6 Å². The van der Waals surface area contributed by atoms with Crippen molar-refractivity contribution in [1.82, 2.24) is 10.2 Å². The fourth-order valence-electron chi connectivity index (χ4n) is 4.84. The van der Waals surface area contributed by atoms with Gasteiger partial charge in [0.1, 0.15) is 0 Å². The third-order valence-corrected chi connectivity index (χ3v) is 6.74. The normalized spacial score (nSPS) is 20.5. The van der Waals surface area contributed by atoms with E-state index >= 15 is 0 Å². The summed E-state index contributed by atoms with van der Waals surface area (Å²) in [5.41, 5.74) is 3.85. The van der Waals surface area contributed by atoms with Crippen molar-refractivity contribution in [3.8, 4) is 11.1 Å². The first-order valence-corrected chi connectivity index (χ1v) is 11.0. The topological polar surface area (TPSA) is 15.3 Å². The molecule has 1 saturated carbocycles. The first-order chi connectivity index (χ1) is 13.3. The Hall–Kier alpha value is -1.35. The molecule has 2 fully saturated rings. The maximum atomic E-state index is 6.40. The minimum Gasteiger partial charge on any atom is -0.314 e. The number of benzene rings is 2. The molecular weight excluding hydrogens is 352 g/mol. The van der Waals surface area contributed by atoms with Gasteiger partial charge in [-0.15, -0.1) is 0 Å². The minimum atomic E-state index is 0.656. The van der Waals surface area contributed by atoms with Crippen LogP contribution in [-0.4, -0.2) is 37.6 Å². The summed E-state index contributed by atoms with van der Waals surface area (Å²) >= 11 is 6.40. The van der Waals surface area contributed by atoms with Crippen LogP contribution in [0.4, 0.5) is 0 Å². The summed E-state index contributed by atoms with van der Waals surface area (Å²) < 4.78 is 0. The molecule has 0 radical (unpaired) electrons. The molecule has 1 unspecified atom stereocenters. The molecule has 4 rings (SSSR count). The Kier molecular flexibility index (Phi) is 6.49. The van der Waals surface area contributed by atoms with Crippen LogP contribution in [0.5, 0.6) is 0 Å². The van der Waals surface area contributed by atoms with Gasteiger partial charge < -0.3 is 10.2 Å². The molecule has 1 heterocycles. The largest absolute Gasteiger partial charge is 0.314 e. The van der Waals surface area contributed by atoms with Gasteiger partial charge in [0.25, 0.3) is 0 Å². The lowest BCUT2D eigenvalue weighted by atomic mass is 9.76. The Morgan fingerprint density at radius 1 is 0.926 bits per heavy atom. The van der Waals surface area contributed by atoms with Gasteiger partial charge in [-0.3, -0.25) is 0 Å². The first-order valence-electron chi connectivity index (χ1n) is 10.6. The zero-order chi connectivity index (χ0) is 18.5. The van der Waals surface area contributed by atoms with Crippen molar-refractivity contribution in [3.05, 3.63) is 59.1 Å². The molecule has 0 amide bonds. The van der Waals surface area contributed by atoms with Crippen LogP contribution >= 0.6 is 11.6 Å². The number of piperazine rings is 1. The van der Waals surface area contributed by atoms with E-state index in [0.717, 1.165) is 29.6 Å². The van der Waals surface area contributed by atoms with Gasteiger partial charge in [-0.05, 0) is 41.9 Å². The summed E-state index contributed by atoms with van der Waals surface area (Å²) in [6.45, 7) is 5.82. The van der Waals surface area contributed by atoms with Crippen LogP contribution in [0.2, 0.25) is 5.02 Å². The molecule has 2 aromatic rings. The summed E-state index contributed by atoms with van der Waals surface area (Å²) in [7, 11) is 0. The fourth-order valence-corrected chi connectivity index (χ4v) is 5.09. The Morgan fingerprint density at radius 3 is 2.33 bits per heavy atom. The molecule has 27 heavy (non-hydrogen) atoms. The second-order valence-electron chi connectivity index (χ2n) is 8.16. The Bertz CT molecular complexity index is 715. The van der Waals surface area contributed by atoms with Gasteiger partial charge in [0.2, 0.25) is 0 Å². The maximum absolute atomic E-state index is 6.40. The number of halogens is 1. The van der Waals surface area contributed by atoms with Crippen molar-refractivity contribution in [2.75, 3.05) is 32.7 Å². The zero-order valence-electron chi connectivity index (χ0n) is 16.2. The van der Waals surface area contributed by atoms with Gasteiger partial charge >= 0.3 is 0 Å².